The van der Waals surface area contributed by atoms with Crippen LogP contribution in [0, 0.1) is 5.82 Å². The first-order valence-electron chi connectivity index (χ1n) is 7.22. The number of amides is 1. The van der Waals surface area contributed by atoms with E-state index in [2.05, 4.69) is 21.2 Å². The first-order chi connectivity index (χ1) is 11.7. The van der Waals surface area contributed by atoms with Crippen molar-refractivity contribution in [3.8, 4) is 0 Å². The number of carbonyl (C=O) groups excluding carboxylic acids is 1. The Kier molecular flexibility index (Phi) is 6.15. The highest BCUT2D eigenvalue weighted by Crippen LogP contribution is 2.23. The van der Waals surface area contributed by atoms with Gasteiger partial charge in [-0.25, -0.2) is 8.70 Å². The number of halogens is 2. The zero-order valence-electron chi connectivity index (χ0n) is 13.6. The molecule has 0 radical (unpaired) electrons. The summed E-state index contributed by atoms with van der Waals surface area (Å²) in [7, 11) is -1.42. The minimum absolute atomic E-state index is 0.192. The molecule has 0 aliphatic rings. The molecule has 0 spiro atoms. The summed E-state index contributed by atoms with van der Waals surface area (Å²) in [4.78, 5) is 12.3. The molecule has 0 atom stereocenters. The molecule has 0 saturated carbocycles. The molecule has 2 aromatic carbocycles. The molecule has 0 bridgehead atoms. The molecule has 1 amide bonds. The van der Waals surface area contributed by atoms with Gasteiger partial charge in [-0.15, -0.1) is 0 Å². The number of rotatable bonds is 6. The third kappa shape index (κ3) is 4.77. The van der Waals surface area contributed by atoms with Gasteiger partial charge in [0.05, 0.1) is 5.69 Å². The minimum Gasteiger partial charge on any atom is -0.325 e. The smallest absolute Gasteiger partial charge is 0.304 e. The van der Waals surface area contributed by atoms with E-state index in [1.54, 1.807) is 24.3 Å². The molecule has 0 fully saturated rings. The molecule has 25 heavy (non-hydrogen) atoms. The summed E-state index contributed by atoms with van der Waals surface area (Å²) in [5.74, 6) is -1.32. The number of para-hydroxylation sites is 1. The summed E-state index contributed by atoms with van der Waals surface area (Å²) < 4.78 is 41.6. The van der Waals surface area contributed by atoms with Crippen molar-refractivity contribution in [2.75, 3.05) is 30.3 Å². The van der Waals surface area contributed by atoms with Crippen molar-refractivity contribution in [3.05, 3.63) is 58.8 Å². The molecule has 0 aromatic heterocycles. The number of nitrogens with one attached hydrogen (secondary N) is 1. The number of benzene rings is 2. The number of nitrogens with zero attached hydrogens (tertiary/aromatic N) is 2. The monoisotopic (exact) mass is 429 g/mol. The number of anilines is 2. The molecule has 0 aliphatic heterocycles. The van der Waals surface area contributed by atoms with Gasteiger partial charge in [-0.05, 0) is 36.4 Å². The maximum Gasteiger partial charge on any atom is 0.304 e. The largest absolute Gasteiger partial charge is 0.325 e. The second kappa shape index (κ2) is 7.94. The molecule has 0 unspecified atom stereocenters. The van der Waals surface area contributed by atoms with Gasteiger partial charge >= 0.3 is 10.2 Å². The Morgan fingerprint density at radius 1 is 1.12 bits per heavy atom. The molecular formula is C16H17BrFN3O3S. The Morgan fingerprint density at radius 2 is 1.72 bits per heavy atom. The molecule has 6 nitrogen and oxygen atoms in total. The lowest BCUT2D eigenvalue weighted by Crippen LogP contribution is -2.44. The van der Waals surface area contributed by atoms with E-state index in [1.165, 1.54) is 32.3 Å². The predicted molar refractivity (Wildman–Crippen MR) is 99.1 cm³/mol. The number of carbonyl (C=O) groups is 1. The molecule has 1 N–H and O–H groups in total. The maximum atomic E-state index is 14.1. The van der Waals surface area contributed by atoms with Gasteiger partial charge in [0.15, 0.2) is 0 Å². The lowest BCUT2D eigenvalue weighted by atomic mass is 10.3. The van der Waals surface area contributed by atoms with Crippen molar-refractivity contribution in [2.24, 2.45) is 0 Å². The van der Waals surface area contributed by atoms with Crippen LogP contribution in [0.1, 0.15) is 0 Å². The summed E-state index contributed by atoms with van der Waals surface area (Å²) in [6.07, 6.45) is 0. The van der Waals surface area contributed by atoms with E-state index >= 15 is 0 Å². The van der Waals surface area contributed by atoms with Gasteiger partial charge in [-0.1, -0.05) is 28.1 Å². The maximum absolute atomic E-state index is 14.1. The van der Waals surface area contributed by atoms with Crippen LogP contribution in [0.2, 0.25) is 0 Å². The zero-order chi connectivity index (χ0) is 18.6. The van der Waals surface area contributed by atoms with E-state index < -0.39 is 28.5 Å². The first-order valence-corrected chi connectivity index (χ1v) is 9.41. The van der Waals surface area contributed by atoms with E-state index in [9.17, 15) is 17.6 Å². The third-order valence-electron chi connectivity index (χ3n) is 3.28. The van der Waals surface area contributed by atoms with E-state index in [0.29, 0.717) is 5.69 Å². The molecule has 0 saturated heterocycles. The topological polar surface area (TPSA) is 69.7 Å². The number of hydrogen-bond donors (Lipinski definition) is 1. The van der Waals surface area contributed by atoms with Crippen LogP contribution in [0.15, 0.2) is 53.0 Å². The second-order valence-corrected chi connectivity index (χ2v) is 8.29. The standard InChI is InChI=1S/C16H17BrFN3O3S/c1-20(2)25(23,24)21(15-6-4-3-5-14(15)18)11-16(22)19-13-9-7-12(17)8-10-13/h3-10H,11H2,1-2H3,(H,19,22). The molecule has 0 heterocycles. The van der Waals surface area contributed by atoms with Crippen LogP contribution in [0.25, 0.3) is 0 Å². The minimum atomic E-state index is -4.05. The SMILES string of the molecule is CN(C)S(=O)(=O)N(CC(=O)Nc1ccc(Br)cc1)c1ccccc1F. The Labute approximate surface area is 154 Å². The molecule has 134 valence electrons. The third-order valence-corrected chi connectivity index (χ3v) is 5.61. The normalized spacial score (nSPS) is 11.4. The van der Waals surface area contributed by atoms with Gasteiger partial charge in [-0.2, -0.15) is 12.7 Å². The van der Waals surface area contributed by atoms with E-state index in [1.807, 2.05) is 0 Å². The van der Waals surface area contributed by atoms with Crippen LogP contribution in [0.3, 0.4) is 0 Å². The highest BCUT2D eigenvalue weighted by atomic mass is 79.9. The van der Waals surface area contributed by atoms with Crippen molar-refractivity contribution in [3.63, 3.8) is 0 Å². The predicted octanol–water partition coefficient (Wildman–Crippen LogP) is 2.84. The van der Waals surface area contributed by atoms with Crippen LogP contribution in [0.5, 0.6) is 0 Å². The van der Waals surface area contributed by atoms with Gasteiger partial charge in [0, 0.05) is 24.3 Å². The van der Waals surface area contributed by atoms with Gasteiger partial charge in [0.1, 0.15) is 12.4 Å². The van der Waals surface area contributed by atoms with Crippen LogP contribution in [-0.4, -0.2) is 39.3 Å². The van der Waals surface area contributed by atoms with Gasteiger partial charge in [0.25, 0.3) is 0 Å². The lowest BCUT2D eigenvalue weighted by Gasteiger charge is -2.27. The summed E-state index contributed by atoms with van der Waals surface area (Å²) in [6, 6.07) is 12.2. The van der Waals surface area contributed by atoms with Crippen molar-refractivity contribution < 1.29 is 17.6 Å². The average molecular weight is 430 g/mol. The van der Waals surface area contributed by atoms with Crippen LogP contribution in [0.4, 0.5) is 15.8 Å². The molecule has 2 aromatic rings. The summed E-state index contributed by atoms with van der Waals surface area (Å²) in [5, 5.41) is 2.59. The quantitative estimate of drug-likeness (QED) is 0.767. The lowest BCUT2D eigenvalue weighted by molar-refractivity contribution is -0.114. The first kappa shape index (κ1) is 19.4. The van der Waals surface area contributed by atoms with E-state index in [-0.39, 0.29) is 5.69 Å². The highest BCUT2D eigenvalue weighted by Gasteiger charge is 2.29. The molecule has 0 aliphatic carbocycles. The van der Waals surface area contributed by atoms with E-state index in [0.717, 1.165) is 19.1 Å². The summed E-state index contributed by atoms with van der Waals surface area (Å²) in [6.45, 7) is -0.558. The van der Waals surface area contributed by atoms with E-state index in [4.69, 9.17) is 0 Å². The van der Waals surface area contributed by atoms with Gasteiger partial charge < -0.3 is 5.32 Å². The number of hydrogen-bond acceptors (Lipinski definition) is 3. The van der Waals surface area contributed by atoms with Gasteiger partial charge in [0.2, 0.25) is 5.91 Å². The fourth-order valence-electron chi connectivity index (χ4n) is 2.01. The average Bonchev–Trinajstić information content (AvgIpc) is 2.55. The molecule has 9 heteroatoms. The Morgan fingerprint density at radius 3 is 2.28 bits per heavy atom. The Balaban J connectivity index is 2.29. The van der Waals surface area contributed by atoms with Crippen molar-refractivity contribution in [1.82, 2.24) is 4.31 Å². The second-order valence-electron chi connectivity index (χ2n) is 5.30. The molecule has 2 rings (SSSR count). The van der Waals surface area contributed by atoms with Crippen LogP contribution < -0.4 is 9.62 Å². The van der Waals surface area contributed by atoms with Crippen molar-refractivity contribution in [1.29, 1.82) is 0 Å². The Bertz CT molecular complexity index is 857. The fourth-order valence-corrected chi connectivity index (χ4v) is 3.34. The fraction of sp³-hybridized carbons (Fsp3) is 0.188. The van der Waals surface area contributed by atoms with Crippen molar-refractivity contribution >= 4 is 43.4 Å². The van der Waals surface area contributed by atoms with Crippen molar-refractivity contribution in [2.45, 2.75) is 0 Å². The summed E-state index contributed by atoms with van der Waals surface area (Å²) >= 11 is 3.29. The van der Waals surface area contributed by atoms with Crippen LogP contribution in [-0.2, 0) is 15.0 Å². The van der Waals surface area contributed by atoms with Crippen LogP contribution >= 0.6 is 15.9 Å². The zero-order valence-corrected chi connectivity index (χ0v) is 16.0. The highest BCUT2D eigenvalue weighted by molar-refractivity contribution is 9.10. The Hall–Kier alpha value is -1.97. The van der Waals surface area contributed by atoms with Gasteiger partial charge in [-0.3, -0.25) is 4.79 Å². The molecular weight excluding hydrogens is 413 g/mol. The summed E-state index contributed by atoms with van der Waals surface area (Å²) in [5.41, 5.74) is 0.311.